The molecule has 0 N–H and O–H groups in total. The highest BCUT2D eigenvalue weighted by atomic mass is 19.3. The third-order valence-electron chi connectivity index (χ3n) is 6.17. The van der Waals surface area contributed by atoms with E-state index < -0.39 is 11.8 Å². The number of piperazine rings is 1. The zero-order chi connectivity index (χ0) is 20.2. The first-order valence-corrected chi connectivity index (χ1v) is 9.99. The summed E-state index contributed by atoms with van der Waals surface area (Å²) in [5.41, 5.74) is 5.61. The van der Waals surface area contributed by atoms with Crippen molar-refractivity contribution in [3.63, 3.8) is 0 Å². The van der Waals surface area contributed by atoms with Crippen LogP contribution in [0.4, 0.5) is 14.5 Å². The predicted molar refractivity (Wildman–Crippen MR) is 105 cm³/mol. The molecule has 1 saturated carbocycles. The van der Waals surface area contributed by atoms with E-state index in [1.165, 1.54) is 5.57 Å². The van der Waals surface area contributed by atoms with E-state index >= 15 is 0 Å². The molecule has 1 saturated heterocycles. The molecule has 2 aromatic rings. The summed E-state index contributed by atoms with van der Waals surface area (Å²) in [7, 11) is 1.90. The van der Waals surface area contributed by atoms with E-state index in [4.69, 9.17) is 0 Å². The van der Waals surface area contributed by atoms with Gasteiger partial charge in [0, 0.05) is 87.6 Å². The lowest BCUT2D eigenvalue weighted by Gasteiger charge is -2.41. The first kappa shape index (κ1) is 18.3. The van der Waals surface area contributed by atoms with Crippen molar-refractivity contribution in [1.29, 1.82) is 0 Å². The highest BCUT2D eigenvalue weighted by Crippen LogP contribution is 2.43. The van der Waals surface area contributed by atoms with Gasteiger partial charge in [0.2, 0.25) is 11.8 Å². The second-order valence-corrected chi connectivity index (χ2v) is 8.21. The van der Waals surface area contributed by atoms with Crippen LogP contribution in [0, 0.1) is 5.92 Å². The van der Waals surface area contributed by atoms with E-state index in [9.17, 15) is 13.6 Å². The van der Waals surface area contributed by atoms with Crippen molar-refractivity contribution in [1.82, 2.24) is 19.7 Å². The van der Waals surface area contributed by atoms with E-state index in [0.29, 0.717) is 26.2 Å². The molecule has 0 unspecified atom stereocenters. The molecule has 0 radical (unpaired) electrons. The average molecular weight is 399 g/mol. The minimum absolute atomic E-state index is 0.116. The SMILES string of the molecule is Cn1cc(C2=Cc3c(N4CCN(C(=O)C5CC(F)(F)C5)CC4)ccnc3C2)cn1. The summed E-state index contributed by atoms with van der Waals surface area (Å²) in [6.45, 7) is 2.52. The van der Waals surface area contributed by atoms with Crippen molar-refractivity contribution >= 4 is 23.2 Å². The lowest BCUT2D eigenvalue weighted by molar-refractivity contribution is -0.160. The van der Waals surface area contributed by atoms with Gasteiger partial charge in [-0.05, 0) is 17.7 Å². The monoisotopic (exact) mass is 399 g/mol. The summed E-state index contributed by atoms with van der Waals surface area (Å²) in [6.07, 6.45) is 8.07. The molecule has 3 heterocycles. The van der Waals surface area contributed by atoms with Gasteiger partial charge in [-0.2, -0.15) is 5.10 Å². The van der Waals surface area contributed by atoms with Crippen molar-refractivity contribution in [2.45, 2.75) is 25.2 Å². The molecule has 1 amide bonds. The zero-order valence-corrected chi connectivity index (χ0v) is 16.3. The summed E-state index contributed by atoms with van der Waals surface area (Å²) in [6, 6.07) is 2.02. The number of hydrogen-bond donors (Lipinski definition) is 0. The van der Waals surface area contributed by atoms with Crippen LogP contribution in [-0.4, -0.2) is 57.7 Å². The maximum Gasteiger partial charge on any atom is 0.249 e. The Labute approximate surface area is 167 Å². The number of carbonyl (C=O) groups is 1. The van der Waals surface area contributed by atoms with Gasteiger partial charge in [-0.25, -0.2) is 8.78 Å². The maximum atomic E-state index is 13.1. The Kier molecular flexibility index (Phi) is 4.18. The third kappa shape index (κ3) is 3.30. The third-order valence-corrected chi connectivity index (χ3v) is 6.17. The summed E-state index contributed by atoms with van der Waals surface area (Å²) in [5.74, 6) is -3.28. The van der Waals surface area contributed by atoms with Crippen LogP contribution in [0.3, 0.4) is 0 Å². The second kappa shape index (κ2) is 6.64. The van der Waals surface area contributed by atoms with Gasteiger partial charge in [-0.1, -0.05) is 0 Å². The molecule has 2 aliphatic carbocycles. The molecule has 8 heteroatoms. The van der Waals surface area contributed by atoms with Crippen LogP contribution in [-0.2, 0) is 18.3 Å². The topological polar surface area (TPSA) is 54.3 Å². The van der Waals surface area contributed by atoms with Gasteiger partial charge in [-0.15, -0.1) is 0 Å². The Bertz CT molecular complexity index is 983. The van der Waals surface area contributed by atoms with Crippen LogP contribution in [0.15, 0.2) is 24.7 Å². The van der Waals surface area contributed by atoms with Crippen LogP contribution < -0.4 is 4.90 Å². The Morgan fingerprint density at radius 2 is 1.97 bits per heavy atom. The van der Waals surface area contributed by atoms with Crippen LogP contribution in [0.25, 0.3) is 11.6 Å². The molecular weight excluding hydrogens is 376 g/mol. The quantitative estimate of drug-likeness (QED) is 0.796. The number of alkyl halides is 2. The molecule has 2 fully saturated rings. The Balaban J connectivity index is 1.29. The van der Waals surface area contributed by atoms with Crippen molar-refractivity contribution < 1.29 is 13.6 Å². The number of amides is 1. The Hall–Kier alpha value is -2.77. The predicted octanol–water partition coefficient (Wildman–Crippen LogP) is 2.61. The van der Waals surface area contributed by atoms with E-state index in [0.717, 1.165) is 28.9 Å². The highest BCUT2D eigenvalue weighted by molar-refractivity contribution is 5.91. The van der Waals surface area contributed by atoms with Crippen LogP contribution in [0.5, 0.6) is 0 Å². The molecule has 1 aliphatic heterocycles. The highest BCUT2D eigenvalue weighted by Gasteiger charge is 2.50. The molecule has 0 bridgehead atoms. The largest absolute Gasteiger partial charge is 0.367 e. The van der Waals surface area contributed by atoms with Gasteiger partial charge in [-0.3, -0.25) is 14.5 Å². The smallest absolute Gasteiger partial charge is 0.249 e. The number of aromatic nitrogens is 3. The van der Waals surface area contributed by atoms with Gasteiger partial charge in [0.1, 0.15) is 0 Å². The molecular formula is C21H23F2N5O. The fraction of sp³-hybridized carbons (Fsp3) is 0.476. The number of pyridine rings is 1. The lowest BCUT2D eigenvalue weighted by Crippen LogP contribution is -2.53. The number of anilines is 1. The molecule has 0 spiro atoms. The number of hydrogen-bond acceptors (Lipinski definition) is 4. The minimum Gasteiger partial charge on any atom is -0.367 e. The number of allylic oxidation sites excluding steroid dienone is 1. The molecule has 0 aromatic carbocycles. The van der Waals surface area contributed by atoms with E-state index in [1.807, 2.05) is 31.7 Å². The first-order chi connectivity index (χ1) is 13.9. The molecule has 2 aromatic heterocycles. The van der Waals surface area contributed by atoms with Crippen LogP contribution in [0.2, 0.25) is 0 Å². The molecule has 0 atom stereocenters. The molecule has 5 rings (SSSR count). The summed E-state index contributed by atoms with van der Waals surface area (Å²) in [5, 5.41) is 4.26. The first-order valence-electron chi connectivity index (χ1n) is 9.99. The summed E-state index contributed by atoms with van der Waals surface area (Å²) >= 11 is 0. The lowest BCUT2D eigenvalue weighted by atomic mass is 9.80. The van der Waals surface area contributed by atoms with Gasteiger partial charge in [0.05, 0.1) is 11.9 Å². The molecule has 6 nitrogen and oxygen atoms in total. The van der Waals surface area contributed by atoms with Crippen LogP contribution >= 0.6 is 0 Å². The van der Waals surface area contributed by atoms with E-state index in [1.54, 1.807) is 9.58 Å². The number of aryl methyl sites for hydroxylation is 1. The Morgan fingerprint density at radius 1 is 1.21 bits per heavy atom. The Morgan fingerprint density at radius 3 is 2.62 bits per heavy atom. The number of halogens is 2. The summed E-state index contributed by atoms with van der Waals surface area (Å²) in [4.78, 5) is 21.0. The number of fused-ring (bicyclic) bond motifs is 1. The van der Waals surface area contributed by atoms with Gasteiger partial charge in [0.15, 0.2) is 0 Å². The maximum absolute atomic E-state index is 13.1. The standard InChI is InChI=1S/C21H23F2N5O/c1-26-13-16(12-25-26)14-8-17-18(9-14)24-3-2-19(17)27-4-6-28(7-5-27)20(29)15-10-21(22,23)11-15/h2-3,8,12-13,15H,4-7,9-11H2,1H3. The van der Waals surface area contributed by atoms with E-state index in [-0.39, 0.29) is 18.7 Å². The fourth-order valence-corrected chi connectivity index (χ4v) is 4.52. The van der Waals surface area contributed by atoms with Gasteiger partial charge < -0.3 is 9.80 Å². The van der Waals surface area contributed by atoms with Gasteiger partial charge >= 0.3 is 0 Å². The van der Waals surface area contributed by atoms with Crippen molar-refractivity contribution in [3.05, 3.63) is 41.5 Å². The molecule has 29 heavy (non-hydrogen) atoms. The van der Waals surface area contributed by atoms with Crippen LogP contribution in [0.1, 0.15) is 29.7 Å². The second-order valence-electron chi connectivity index (χ2n) is 8.21. The number of carbonyl (C=O) groups excluding carboxylic acids is 1. The number of nitrogens with zero attached hydrogens (tertiary/aromatic N) is 5. The minimum atomic E-state index is -2.65. The van der Waals surface area contributed by atoms with Crippen molar-refractivity contribution in [3.8, 4) is 0 Å². The van der Waals surface area contributed by atoms with E-state index in [2.05, 4.69) is 21.1 Å². The zero-order valence-electron chi connectivity index (χ0n) is 16.3. The summed E-state index contributed by atoms with van der Waals surface area (Å²) < 4.78 is 28.0. The number of rotatable bonds is 3. The molecule has 3 aliphatic rings. The van der Waals surface area contributed by atoms with Crippen molar-refractivity contribution in [2.75, 3.05) is 31.1 Å². The van der Waals surface area contributed by atoms with Crippen molar-refractivity contribution in [2.24, 2.45) is 13.0 Å². The van der Waals surface area contributed by atoms with Gasteiger partial charge in [0.25, 0.3) is 0 Å². The molecule has 152 valence electrons. The fourth-order valence-electron chi connectivity index (χ4n) is 4.52. The average Bonchev–Trinajstić information content (AvgIpc) is 3.31. The normalized spacial score (nSPS) is 21.0.